The molecule has 2 heterocycles. The van der Waals surface area contributed by atoms with Crippen molar-refractivity contribution in [2.45, 2.75) is 32.2 Å². The van der Waals surface area contributed by atoms with Crippen molar-refractivity contribution >= 4 is 17.4 Å². The van der Waals surface area contributed by atoms with E-state index in [0.29, 0.717) is 5.82 Å². The average molecular weight is 248 g/mol. The molecule has 0 bridgehead atoms. The van der Waals surface area contributed by atoms with Gasteiger partial charge in [0.15, 0.2) is 0 Å². The van der Waals surface area contributed by atoms with E-state index < -0.39 is 0 Å². The quantitative estimate of drug-likeness (QED) is 0.850. The molecule has 1 saturated heterocycles. The van der Waals surface area contributed by atoms with Gasteiger partial charge in [-0.05, 0) is 38.3 Å². The molecule has 1 unspecified atom stereocenters. The summed E-state index contributed by atoms with van der Waals surface area (Å²) in [5.41, 5.74) is 6.47. The number of anilines is 2. The van der Waals surface area contributed by atoms with Gasteiger partial charge in [-0.15, -0.1) is 0 Å². The van der Waals surface area contributed by atoms with Crippen molar-refractivity contribution in [1.82, 2.24) is 9.88 Å². The van der Waals surface area contributed by atoms with Crippen molar-refractivity contribution in [1.29, 1.82) is 0 Å². The Bertz CT molecular complexity index is 415. The third-order valence-corrected chi connectivity index (χ3v) is 3.25. The normalized spacial score (nSPS) is 17.3. The lowest BCUT2D eigenvalue weighted by Crippen LogP contribution is -2.44. The number of nitrogens with one attached hydrogen (secondary N) is 1. The number of piperidine rings is 1. The van der Waals surface area contributed by atoms with Crippen molar-refractivity contribution in [3.8, 4) is 0 Å². The van der Waals surface area contributed by atoms with Crippen molar-refractivity contribution in [2.75, 3.05) is 24.1 Å². The first kappa shape index (κ1) is 12.7. The van der Waals surface area contributed by atoms with Gasteiger partial charge in [0.05, 0.1) is 5.69 Å². The fourth-order valence-electron chi connectivity index (χ4n) is 2.22. The van der Waals surface area contributed by atoms with E-state index in [4.69, 9.17) is 5.73 Å². The number of rotatable bonds is 3. The molecule has 0 aliphatic carbocycles. The second-order valence-electron chi connectivity index (χ2n) is 4.69. The van der Waals surface area contributed by atoms with Gasteiger partial charge in [0, 0.05) is 19.3 Å². The molecule has 0 saturated carbocycles. The molecule has 1 aliphatic rings. The third-order valence-electron chi connectivity index (χ3n) is 3.25. The predicted molar refractivity (Wildman–Crippen MR) is 72.2 cm³/mol. The van der Waals surface area contributed by atoms with Crippen LogP contribution in [0.3, 0.4) is 0 Å². The van der Waals surface area contributed by atoms with Gasteiger partial charge < -0.3 is 16.0 Å². The van der Waals surface area contributed by atoms with Crippen LogP contribution in [0.25, 0.3) is 0 Å². The monoisotopic (exact) mass is 248 g/mol. The summed E-state index contributed by atoms with van der Waals surface area (Å²) in [6.45, 7) is 3.60. The van der Waals surface area contributed by atoms with Gasteiger partial charge in [0.2, 0.25) is 5.91 Å². The number of carbonyl (C=O) groups excluding carboxylic acids is 1. The molecule has 18 heavy (non-hydrogen) atoms. The Hall–Kier alpha value is -1.78. The number of hydrogen-bond donors (Lipinski definition) is 2. The van der Waals surface area contributed by atoms with Crippen molar-refractivity contribution in [3.05, 3.63) is 18.3 Å². The fourth-order valence-corrected chi connectivity index (χ4v) is 2.22. The summed E-state index contributed by atoms with van der Waals surface area (Å²) < 4.78 is 0. The lowest BCUT2D eigenvalue weighted by Gasteiger charge is -2.29. The van der Waals surface area contributed by atoms with Gasteiger partial charge in [-0.3, -0.25) is 4.79 Å². The van der Waals surface area contributed by atoms with Crippen molar-refractivity contribution < 1.29 is 4.79 Å². The van der Waals surface area contributed by atoms with E-state index in [1.807, 2.05) is 17.9 Å². The van der Waals surface area contributed by atoms with Crippen LogP contribution in [0.5, 0.6) is 0 Å². The zero-order valence-corrected chi connectivity index (χ0v) is 10.7. The van der Waals surface area contributed by atoms with E-state index in [0.717, 1.165) is 31.6 Å². The Labute approximate surface area is 107 Å². The Morgan fingerprint density at radius 3 is 2.83 bits per heavy atom. The van der Waals surface area contributed by atoms with Gasteiger partial charge in [0.1, 0.15) is 11.9 Å². The molecular formula is C13H20N4O. The number of likely N-dealkylation sites (tertiary alicyclic amines) is 1. The first-order valence-electron chi connectivity index (χ1n) is 6.44. The maximum atomic E-state index is 12.2. The molecule has 5 nitrogen and oxygen atoms in total. The molecule has 5 heteroatoms. The summed E-state index contributed by atoms with van der Waals surface area (Å²) in [7, 11) is 0. The summed E-state index contributed by atoms with van der Waals surface area (Å²) in [6.07, 6.45) is 5.07. The molecule has 1 aromatic heterocycles. The molecule has 0 aromatic carbocycles. The van der Waals surface area contributed by atoms with E-state index in [1.54, 1.807) is 12.3 Å². The highest BCUT2D eigenvalue weighted by molar-refractivity contribution is 5.85. The van der Waals surface area contributed by atoms with Gasteiger partial charge >= 0.3 is 0 Å². The molecule has 1 fully saturated rings. The largest absolute Gasteiger partial charge is 0.382 e. The average Bonchev–Trinajstić information content (AvgIpc) is 2.41. The summed E-state index contributed by atoms with van der Waals surface area (Å²) in [5, 5.41) is 3.13. The zero-order chi connectivity index (χ0) is 13.0. The second kappa shape index (κ2) is 5.71. The number of nitrogen functional groups attached to an aromatic ring is 1. The number of carbonyl (C=O) groups is 1. The van der Waals surface area contributed by atoms with E-state index in [-0.39, 0.29) is 11.9 Å². The molecule has 1 aromatic rings. The second-order valence-corrected chi connectivity index (χ2v) is 4.69. The van der Waals surface area contributed by atoms with Crippen LogP contribution in [-0.4, -0.2) is 34.9 Å². The standard InChI is InChI=1S/C13H20N4O/c1-10(13(18)17-8-3-2-4-9-17)16-11-6-5-7-15-12(11)14/h5-7,10,16H,2-4,8-9H2,1H3,(H2,14,15). The van der Waals surface area contributed by atoms with Gasteiger partial charge in [-0.25, -0.2) is 4.98 Å². The number of aromatic nitrogens is 1. The molecular weight excluding hydrogens is 228 g/mol. The highest BCUT2D eigenvalue weighted by atomic mass is 16.2. The van der Waals surface area contributed by atoms with Crippen molar-refractivity contribution in [3.63, 3.8) is 0 Å². The number of nitrogens with two attached hydrogens (primary N) is 1. The number of amides is 1. The van der Waals surface area contributed by atoms with Crippen molar-refractivity contribution in [2.24, 2.45) is 0 Å². The summed E-state index contributed by atoms with van der Waals surface area (Å²) in [6, 6.07) is 3.37. The summed E-state index contributed by atoms with van der Waals surface area (Å²) >= 11 is 0. The van der Waals surface area contributed by atoms with E-state index in [1.165, 1.54) is 6.42 Å². The van der Waals surface area contributed by atoms with Gasteiger partial charge in [-0.2, -0.15) is 0 Å². The maximum absolute atomic E-state index is 12.2. The van der Waals surface area contributed by atoms with E-state index >= 15 is 0 Å². The zero-order valence-electron chi connectivity index (χ0n) is 10.7. The smallest absolute Gasteiger partial charge is 0.244 e. The van der Waals surface area contributed by atoms with Crippen LogP contribution in [0.15, 0.2) is 18.3 Å². The lowest BCUT2D eigenvalue weighted by atomic mass is 10.1. The van der Waals surface area contributed by atoms with Gasteiger partial charge in [-0.1, -0.05) is 0 Å². The number of nitrogens with zero attached hydrogens (tertiary/aromatic N) is 2. The van der Waals surface area contributed by atoms with Crippen LogP contribution in [0.1, 0.15) is 26.2 Å². The lowest BCUT2D eigenvalue weighted by molar-refractivity contribution is -0.132. The molecule has 1 amide bonds. The Morgan fingerprint density at radius 2 is 2.17 bits per heavy atom. The molecule has 1 atom stereocenters. The topological polar surface area (TPSA) is 71.2 Å². The summed E-state index contributed by atoms with van der Waals surface area (Å²) in [4.78, 5) is 18.1. The van der Waals surface area contributed by atoms with Crippen LogP contribution < -0.4 is 11.1 Å². The molecule has 98 valence electrons. The van der Waals surface area contributed by atoms with Gasteiger partial charge in [0.25, 0.3) is 0 Å². The minimum atomic E-state index is -0.269. The van der Waals surface area contributed by atoms with Crippen LogP contribution >= 0.6 is 0 Å². The third kappa shape index (κ3) is 2.91. The maximum Gasteiger partial charge on any atom is 0.244 e. The SMILES string of the molecule is CC(Nc1cccnc1N)C(=O)N1CCCCC1. The molecule has 0 spiro atoms. The predicted octanol–water partition coefficient (Wildman–Crippen LogP) is 1.48. The minimum Gasteiger partial charge on any atom is -0.382 e. The van der Waals surface area contributed by atoms with Crippen LogP contribution in [0.4, 0.5) is 11.5 Å². The van der Waals surface area contributed by atoms with E-state index in [2.05, 4.69) is 10.3 Å². The number of hydrogen-bond acceptors (Lipinski definition) is 4. The van der Waals surface area contributed by atoms with E-state index in [9.17, 15) is 4.79 Å². The molecule has 2 rings (SSSR count). The Balaban J connectivity index is 1.96. The number of pyridine rings is 1. The first-order chi connectivity index (χ1) is 8.68. The summed E-state index contributed by atoms with van der Waals surface area (Å²) in [5.74, 6) is 0.564. The Kier molecular flexibility index (Phi) is 4.02. The minimum absolute atomic E-state index is 0.137. The van der Waals surface area contributed by atoms with Crippen LogP contribution in [0.2, 0.25) is 0 Å². The fraction of sp³-hybridized carbons (Fsp3) is 0.538. The van der Waals surface area contributed by atoms with Crippen LogP contribution in [-0.2, 0) is 4.79 Å². The van der Waals surface area contributed by atoms with Crippen LogP contribution in [0, 0.1) is 0 Å². The highest BCUT2D eigenvalue weighted by Gasteiger charge is 2.22. The molecule has 3 N–H and O–H groups in total. The first-order valence-corrected chi connectivity index (χ1v) is 6.44. The highest BCUT2D eigenvalue weighted by Crippen LogP contribution is 2.16. The molecule has 1 aliphatic heterocycles. The molecule has 0 radical (unpaired) electrons. The Morgan fingerprint density at radius 1 is 1.44 bits per heavy atom.